The van der Waals surface area contributed by atoms with E-state index in [1.165, 1.54) is 167 Å². The van der Waals surface area contributed by atoms with E-state index in [2.05, 4.69) is 13.8 Å². The molecule has 0 aromatic carbocycles. The topological polar surface area (TPSA) is 117 Å². The summed E-state index contributed by atoms with van der Waals surface area (Å²) in [6, 6.07) is 0. The molecule has 0 saturated carbocycles. The fraction of sp³-hybridized carbons (Fsp3) is 0.976. The van der Waals surface area contributed by atoms with Crippen molar-refractivity contribution >= 4 is 13.8 Å². The zero-order valence-corrected chi connectivity index (χ0v) is 34.1. The average molecular weight is 734 g/mol. The summed E-state index contributed by atoms with van der Waals surface area (Å²) in [4.78, 5) is 22.4. The summed E-state index contributed by atoms with van der Waals surface area (Å²) in [5.74, 6) is -0.324. The van der Waals surface area contributed by atoms with Crippen LogP contribution in [0.4, 0.5) is 0 Å². The second kappa shape index (κ2) is 39.7. The third-order valence-electron chi connectivity index (χ3n) is 9.52. The first-order valence-electron chi connectivity index (χ1n) is 21.5. The molecule has 0 bridgehead atoms. The normalized spacial score (nSPS) is 13.4. The molecule has 0 spiro atoms. The second-order valence-electron chi connectivity index (χ2n) is 14.6. The molecule has 0 radical (unpaired) electrons. The molecule has 9 heteroatoms. The summed E-state index contributed by atoms with van der Waals surface area (Å²) in [5.41, 5.74) is 5.37. The highest BCUT2D eigenvalue weighted by Crippen LogP contribution is 2.43. The summed E-state index contributed by atoms with van der Waals surface area (Å²) < 4.78 is 33.4. The molecule has 50 heavy (non-hydrogen) atoms. The standard InChI is InChI=1S/C41H84NO7P/c1-3-5-7-9-11-13-15-17-19-21-23-25-27-29-31-33-36-46-38-40(39-48-50(44,45)47-37-35-42)49-41(43)34-32-30-28-26-24-22-20-18-16-14-12-10-8-6-4-2/h40H,3-39,42H2,1-2H3,(H,44,45)/t40-/m1/s1. The molecule has 0 heterocycles. The summed E-state index contributed by atoms with van der Waals surface area (Å²) in [6.45, 7) is 4.98. The molecule has 300 valence electrons. The van der Waals surface area contributed by atoms with E-state index < -0.39 is 13.9 Å². The first kappa shape index (κ1) is 49.5. The number of ether oxygens (including phenoxy) is 2. The quantitative estimate of drug-likeness (QED) is 0.0362. The van der Waals surface area contributed by atoms with Gasteiger partial charge in [0.1, 0.15) is 6.10 Å². The Kier molecular flexibility index (Phi) is 39.3. The van der Waals surface area contributed by atoms with Crippen LogP contribution in [0.1, 0.15) is 219 Å². The Morgan fingerprint density at radius 2 is 0.880 bits per heavy atom. The minimum Gasteiger partial charge on any atom is -0.457 e. The minimum atomic E-state index is -4.27. The van der Waals surface area contributed by atoms with Gasteiger partial charge in [0.15, 0.2) is 0 Å². The Balaban J connectivity index is 3.98. The third kappa shape index (κ3) is 38.7. The van der Waals surface area contributed by atoms with Gasteiger partial charge in [-0.05, 0) is 12.8 Å². The molecule has 0 aromatic rings. The number of phosphoric ester groups is 1. The van der Waals surface area contributed by atoms with Gasteiger partial charge in [0.05, 0.1) is 19.8 Å². The van der Waals surface area contributed by atoms with Gasteiger partial charge in [0.2, 0.25) is 0 Å². The van der Waals surface area contributed by atoms with Gasteiger partial charge in [-0.25, -0.2) is 4.57 Å². The number of hydrogen-bond acceptors (Lipinski definition) is 7. The first-order chi connectivity index (χ1) is 24.4. The first-order valence-corrected chi connectivity index (χ1v) is 23.0. The van der Waals surface area contributed by atoms with Gasteiger partial charge in [0, 0.05) is 19.6 Å². The van der Waals surface area contributed by atoms with Crippen molar-refractivity contribution in [1.82, 2.24) is 0 Å². The van der Waals surface area contributed by atoms with Gasteiger partial charge in [0.25, 0.3) is 0 Å². The number of nitrogens with two attached hydrogens (primary N) is 1. The van der Waals surface area contributed by atoms with Crippen molar-refractivity contribution in [3.8, 4) is 0 Å². The van der Waals surface area contributed by atoms with E-state index in [0.717, 1.165) is 32.1 Å². The SMILES string of the molecule is CCCCCCCCCCCCCCCCCCOC[C@H](COP(=O)(O)OCCN)OC(=O)CCCCCCCCCCCCCCCCC. The Morgan fingerprint density at radius 1 is 0.520 bits per heavy atom. The molecule has 0 amide bonds. The summed E-state index contributed by atoms with van der Waals surface area (Å²) in [7, 11) is -4.27. The van der Waals surface area contributed by atoms with Crippen LogP contribution < -0.4 is 5.73 Å². The van der Waals surface area contributed by atoms with E-state index in [1.807, 2.05) is 0 Å². The highest BCUT2D eigenvalue weighted by Gasteiger charge is 2.25. The van der Waals surface area contributed by atoms with Crippen molar-refractivity contribution < 1.29 is 32.8 Å². The molecule has 2 atom stereocenters. The molecule has 0 fully saturated rings. The van der Waals surface area contributed by atoms with E-state index in [4.69, 9.17) is 24.3 Å². The molecule has 0 aromatic heterocycles. The maximum Gasteiger partial charge on any atom is 0.472 e. The van der Waals surface area contributed by atoms with Crippen LogP contribution in [0.5, 0.6) is 0 Å². The molecule has 0 aliphatic rings. The number of rotatable bonds is 42. The number of carbonyl (C=O) groups excluding carboxylic acids is 1. The minimum absolute atomic E-state index is 0.0901. The monoisotopic (exact) mass is 734 g/mol. The molecular formula is C41H84NO7P. The van der Waals surface area contributed by atoms with Crippen LogP contribution in [0.15, 0.2) is 0 Å². The summed E-state index contributed by atoms with van der Waals surface area (Å²) in [6.07, 6.45) is 39.7. The van der Waals surface area contributed by atoms with Gasteiger partial charge < -0.3 is 20.1 Å². The Morgan fingerprint density at radius 3 is 1.26 bits per heavy atom. The van der Waals surface area contributed by atoms with Crippen molar-refractivity contribution in [2.75, 3.05) is 33.0 Å². The lowest BCUT2D eigenvalue weighted by Gasteiger charge is -2.20. The zero-order valence-electron chi connectivity index (χ0n) is 33.2. The van der Waals surface area contributed by atoms with E-state index in [-0.39, 0.29) is 32.3 Å². The van der Waals surface area contributed by atoms with Gasteiger partial charge in [-0.2, -0.15) is 0 Å². The Hall–Kier alpha value is -0.500. The molecule has 3 N–H and O–H groups in total. The number of phosphoric acid groups is 1. The Bertz CT molecular complexity index is 742. The third-order valence-corrected chi connectivity index (χ3v) is 10.5. The lowest BCUT2D eigenvalue weighted by Crippen LogP contribution is -2.28. The zero-order chi connectivity index (χ0) is 36.6. The predicted octanol–water partition coefficient (Wildman–Crippen LogP) is 12.5. The van der Waals surface area contributed by atoms with Crippen LogP contribution in [0, 0.1) is 0 Å². The molecule has 0 rings (SSSR count). The second-order valence-corrected chi connectivity index (χ2v) is 16.0. The highest BCUT2D eigenvalue weighted by molar-refractivity contribution is 7.47. The highest BCUT2D eigenvalue weighted by atomic mass is 31.2. The van der Waals surface area contributed by atoms with Gasteiger partial charge in [-0.1, -0.05) is 200 Å². The van der Waals surface area contributed by atoms with Gasteiger partial charge in [-0.3, -0.25) is 13.8 Å². The van der Waals surface area contributed by atoms with E-state index >= 15 is 0 Å². The van der Waals surface area contributed by atoms with Crippen LogP contribution in [0.2, 0.25) is 0 Å². The summed E-state index contributed by atoms with van der Waals surface area (Å²) >= 11 is 0. The lowest BCUT2D eigenvalue weighted by atomic mass is 10.0. The van der Waals surface area contributed by atoms with Crippen LogP contribution in [0.3, 0.4) is 0 Å². The van der Waals surface area contributed by atoms with Crippen LogP contribution in [-0.2, 0) is 27.9 Å². The van der Waals surface area contributed by atoms with Crippen LogP contribution in [0.25, 0.3) is 0 Å². The molecule has 0 saturated heterocycles. The average Bonchev–Trinajstić information content (AvgIpc) is 3.10. The fourth-order valence-corrected chi connectivity index (χ4v) is 7.12. The van der Waals surface area contributed by atoms with E-state index in [0.29, 0.717) is 13.0 Å². The Labute approximate surface area is 310 Å². The van der Waals surface area contributed by atoms with Crippen molar-refractivity contribution in [2.24, 2.45) is 5.73 Å². The van der Waals surface area contributed by atoms with Gasteiger partial charge in [-0.15, -0.1) is 0 Å². The van der Waals surface area contributed by atoms with Crippen LogP contribution >= 0.6 is 7.82 Å². The lowest BCUT2D eigenvalue weighted by molar-refractivity contribution is -0.154. The maximum atomic E-state index is 12.6. The van der Waals surface area contributed by atoms with Crippen LogP contribution in [-0.4, -0.2) is 49.9 Å². The number of esters is 1. The molecule has 8 nitrogen and oxygen atoms in total. The maximum absolute atomic E-state index is 12.6. The van der Waals surface area contributed by atoms with Gasteiger partial charge >= 0.3 is 13.8 Å². The molecule has 1 unspecified atom stereocenters. The number of unbranched alkanes of at least 4 members (excludes halogenated alkanes) is 29. The number of carbonyl (C=O) groups is 1. The predicted molar refractivity (Wildman–Crippen MR) is 211 cm³/mol. The number of hydrogen-bond donors (Lipinski definition) is 2. The fourth-order valence-electron chi connectivity index (χ4n) is 6.35. The van der Waals surface area contributed by atoms with Crippen molar-refractivity contribution in [3.05, 3.63) is 0 Å². The molecule has 0 aliphatic heterocycles. The van der Waals surface area contributed by atoms with E-state index in [1.54, 1.807) is 0 Å². The van der Waals surface area contributed by atoms with Crippen molar-refractivity contribution in [1.29, 1.82) is 0 Å². The largest absolute Gasteiger partial charge is 0.472 e. The molecule has 0 aliphatic carbocycles. The smallest absolute Gasteiger partial charge is 0.457 e. The molecular weight excluding hydrogens is 649 g/mol. The summed E-state index contributed by atoms with van der Waals surface area (Å²) in [5, 5.41) is 0. The van der Waals surface area contributed by atoms with Crippen molar-refractivity contribution in [3.63, 3.8) is 0 Å². The van der Waals surface area contributed by atoms with E-state index in [9.17, 15) is 14.3 Å². The van der Waals surface area contributed by atoms with Crippen molar-refractivity contribution in [2.45, 2.75) is 225 Å².